The number of benzene rings is 1. The first-order valence-electron chi connectivity index (χ1n) is 15.4. The molecule has 1 N–H and O–H groups in total. The number of nitrogens with one attached hydrogen (secondary N) is 1. The van der Waals surface area contributed by atoms with Crippen molar-refractivity contribution in [2.24, 2.45) is 39.7 Å². The predicted octanol–water partition coefficient (Wildman–Crippen LogP) is 7.39. The second-order valence-corrected chi connectivity index (χ2v) is 14.3. The Morgan fingerprint density at radius 2 is 1.73 bits per heavy atom. The molecule has 7 heteroatoms. The number of carbonyl (C=O) groups is 3. The van der Waals surface area contributed by atoms with Crippen LogP contribution >= 0.6 is 0 Å². The summed E-state index contributed by atoms with van der Waals surface area (Å²) < 4.78 is 5.26. The Bertz CT molecular complexity index is 1260. The van der Waals surface area contributed by atoms with Crippen LogP contribution in [-0.2, 0) is 20.9 Å². The Kier molecular flexibility index (Phi) is 7.95. The molecule has 3 fully saturated rings. The maximum atomic E-state index is 12.8. The van der Waals surface area contributed by atoms with Gasteiger partial charge in [0, 0.05) is 18.9 Å². The molecule has 0 aromatic heterocycles. The number of nitrogens with zero attached hydrogens (tertiary/aromatic N) is 1. The van der Waals surface area contributed by atoms with Crippen molar-refractivity contribution in [3.63, 3.8) is 0 Å². The second-order valence-electron chi connectivity index (χ2n) is 14.3. The average Bonchev–Trinajstić information content (AvgIpc) is 3.27. The molecule has 3 saturated carbocycles. The van der Waals surface area contributed by atoms with Crippen LogP contribution in [0.4, 0.5) is 4.79 Å². The van der Waals surface area contributed by atoms with Crippen molar-refractivity contribution in [3.05, 3.63) is 47.0 Å². The number of ketones is 1. The fourth-order valence-electron chi connectivity index (χ4n) is 8.72. The highest BCUT2D eigenvalue weighted by Gasteiger charge is 2.59. The highest BCUT2D eigenvalue weighted by atomic mass is 16.7. The number of hydrogen-bond acceptors (Lipinski definition) is 6. The van der Waals surface area contributed by atoms with Crippen LogP contribution in [0.15, 0.2) is 41.1 Å². The van der Waals surface area contributed by atoms with E-state index in [1.165, 1.54) is 24.8 Å². The monoisotopic (exact) mass is 562 g/mol. The standard InChI is InChI=1S/C34H46N2O5/c1-21(36-41-30(38)23-9-7-22(8-10-23)20-35-31(39)40-32(2,3)4)27-13-14-28-26-12-11-24-19-25(37)15-17-33(24,5)29(26)16-18-34(27,28)6/h7-10,19,26-29H,11-18,20H2,1-6H3,(H,35,39)/b36-21+/t26-,27+,28-,29-,33-,34+/m0/s1. The van der Waals surface area contributed by atoms with Gasteiger partial charge in [0.15, 0.2) is 5.78 Å². The molecule has 0 saturated heterocycles. The van der Waals surface area contributed by atoms with Gasteiger partial charge in [0.05, 0.1) is 11.3 Å². The largest absolute Gasteiger partial charge is 0.444 e. The van der Waals surface area contributed by atoms with Gasteiger partial charge in [0.25, 0.3) is 0 Å². The van der Waals surface area contributed by atoms with Gasteiger partial charge < -0.3 is 14.9 Å². The lowest BCUT2D eigenvalue weighted by Gasteiger charge is -2.58. The highest BCUT2D eigenvalue weighted by molar-refractivity contribution is 5.92. The summed E-state index contributed by atoms with van der Waals surface area (Å²) in [5.41, 5.74) is 3.37. The topological polar surface area (TPSA) is 94.1 Å². The summed E-state index contributed by atoms with van der Waals surface area (Å²) >= 11 is 0. The molecule has 1 aromatic rings. The molecule has 1 amide bonds. The number of oxime groups is 1. The van der Waals surface area contributed by atoms with Crippen LogP contribution < -0.4 is 5.32 Å². The summed E-state index contributed by atoms with van der Waals surface area (Å²) in [5, 5.41) is 7.09. The zero-order chi connectivity index (χ0) is 29.6. The molecule has 0 heterocycles. The number of alkyl carbamates (subject to hydrolysis) is 1. The molecule has 222 valence electrons. The third-order valence-electron chi connectivity index (χ3n) is 10.8. The Labute approximate surface area is 244 Å². The normalized spacial score (nSPS) is 33.2. The number of carbonyl (C=O) groups excluding carboxylic acids is 3. The van der Waals surface area contributed by atoms with Gasteiger partial charge >= 0.3 is 12.1 Å². The minimum absolute atomic E-state index is 0.159. The number of ether oxygens (including phenoxy) is 1. The molecule has 7 nitrogen and oxygen atoms in total. The Morgan fingerprint density at radius 1 is 1.00 bits per heavy atom. The second kappa shape index (κ2) is 11.0. The fraction of sp³-hybridized carbons (Fsp3) is 0.647. The van der Waals surface area contributed by atoms with Crippen LogP contribution in [-0.4, -0.2) is 29.2 Å². The summed E-state index contributed by atoms with van der Waals surface area (Å²) in [4.78, 5) is 42.3. The lowest BCUT2D eigenvalue weighted by molar-refractivity contribution is -0.117. The van der Waals surface area contributed by atoms with E-state index in [1.807, 2.05) is 33.8 Å². The molecule has 6 atom stereocenters. The number of hydrogen-bond donors (Lipinski definition) is 1. The Morgan fingerprint density at radius 3 is 2.44 bits per heavy atom. The first-order valence-corrected chi connectivity index (χ1v) is 15.4. The molecular weight excluding hydrogens is 516 g/mol. The van der Waals surface area contributed by atoms with Crippen molar-refractivity contribution >= 4 is 23.6 Å². The van der Waals surface area contributed by atoms with Crippen LogP contribution in [0.25, 0.3) is 0 Å². The summed E-state index contributed by atoms with van der Waals surface area (Å²) in [5.74, 6) is 2.12. The molecule has 0 radical (unpaired) electrons. The van der Waals surface area contributed by atoms with E-state index >= 15 is 0 Å². The third-order valence-corrected chi connectivity index (χ3v) is 10.8. The number of amides is 1. The molecule has 5 rings (SSSR count). The molecule has 0 aliphatic heterocycles. The predicted molar refractivity (Wildman–Crippen MR) is 158 cm³/mol. The molecule has 41 heavy (non-hydrogen) atoms. The zero-order valence-electron chi connectivity index (χ0n) is 25.5. The smallest absolute Gasteiger partial charge is 0.407 e. The SMILES string of the molecule is C/C(=N\OC(=O)c1ccc(CNC(=O)OC(C)(C)C)cc1)[C@H]1CC[C@H]2[C@@H]3CCC4=CC(=O)CC[C@]4(C)[C@H]3CC[C@]12C. The van der Waals surface area contributed by atoms with Crippen molar-refractivity contribution in [1.29, 1.82) is 0 Å². The number of fused-ring (bicyclic) bond motifs is 5. The van der Waals surface area contributed by atoms with Crippen molar-refractivity contribution in [2.45, 2.75) is 105 Å². The molecule has 0 spiro atoms. The van der Waals surface area contributed by atoms with Crippen LogP contribution in [0.5, 0.6) is 0 Å². The van der Waals surface area contributed by atoms with Gasteiger partial charge in [0.1, 0.15) is 5.60 Å². The average molecular weight is 563 g/mol. The van der Waals surface area contributed by atoms with E-state index in [2.05, 4.69) is 24.3 Å². The Balaban J connectivity index is 1.19. The molecular formula is C34H46N2O5. The number of rotatable bonds is 5. The van der Waals surface area contributed by atoms with Crippen LogP contribution in [0.1, 0.15) is 109 Å². The lowest BCUT2D eigenvalue weighted by Crippen LogP contribution is -2.51. The Hall–Kier alpha value is -2.96. The van der Waals surface area contributed by atoms with Crippen LogP contribution in [0, 0.1) is 34.5 Å². The third kappa shape index (κ3) is 5.87. The van der Waals surface area contributed by atoms with E-state index in [-0.39, 0.29) is 10.8 Å². The molecule has 0 unspecified atom stereocenters. The molecule has 4 aliphatic carbocycles. The van der Waals surface area contributed by atoms with E-state index in [0.29, 0.717) is 48.0 Å². The van der Waals surface area contributed by atoms with E-state index in [4.69, 9.17) is 9.57 Å². The van der Waals surface area contributed by atoms with E-state index in [0.717, 1.165) is 37.0 Å². The summed E-state index contributed by atoms with van der Waals surface area (Å²) in [6.45, 7) is 12.6. The maximum absolute atomic E-state index is 12.8. The maximum Gasteiger partial charge on any atom is 0.407 e. The van der Waals surface area contributed by atoms with Crippen molar-refractivity contribution < 1.29 is 24.0 Å². The summed E-state index contributed by atoms with van der Waals surface area (Å²) in [7, 11) is 0. The summed E-state index contributed by atoms with van der Waals surface area (Å²) in [6, 6.07) is 6.97. The molecule has 4 aliphatic rings. The van der Waals surface area contributed by atoms with E-state index in [1.54, 1.807) is 24.3 Å². The first-order chi connectivity index (χ1) is 19.3. The highest BCUT2D eigenvalue weighted by Crippen LogP contribution is 2.66. The van der Waals surface area contributed by atoms with Crippen molar-refractivity contribution in [3.8, 4) is 0 Å². The molecule has 1 aromatic carbocycles. The van der Waals surface area contributed by atoms with Gasteiger partial charge in [-0.05, 0) is 125 Å². The first kappa shape index (κ1) is 29.5. The lowest BCUT2D eigenvalue weighted by atomic mass is 9.46. The van der Waals surface area contributed by atoms with Gasteiger partial charge in [-0.1, -0.05) is 36.7 Å². The fourth-order valence-corrected chi connectivity index (χ4v) is 8.72. The van der Waals surface area contributed by atoms with Gasteiger partial charge in [-0.25, -0.2) is 9.59 Å². The molecule has 0 bridgehead atoms. The zero-order valence-corrected chi connectivity index (χ0v) is 25.5. The van der Waals surface area contributed by atoms with Gasteiger partial charge in [-0.15, -0.1) is 0 Å². The van der Waals surface area contributed by atoms with Gasteiger partial charge in [0.2, 0.25) is 0 Å². The van der Waals surface area contributed by atoms with E-state index in [9.17, 15) is 14.4 Å². The minimum Gasteiger partial charge on any atom is -0.444 e. The van der Waals surface area contributed by atoms with Crippen LogP contribution in [0.2, 0.25) is 0 Å². The van der Waals surface area contributed by atoms with E-state index < -0.39 is 17.7 Å². The van der Waals surface area contributed by atoms with Crippen molar-refractivity contribution in [2.75, 3.05) is 0 Å². The van der Waals surface area contributed by atoms with Gasteiger partial charge in [-0.3, -0.25) is 4.79 Å². The van der Waals surface area contributed by atoms with Gasteiger partial charge in [-0.2, -0.15) is 0 Å². The quantitative estimate of drug-likeness (QED) is 0.229. The van der Waals surface area contributed by atoms with Crippen LogP contribution in [0.3, 0.4) is 0 Å². The summed E-state index contributed by atoms with van der Waals surface area (Å²) in [6.07, 6.45) is 10.0. The minimum atomic E-state index is -0.555. The van der Waals surface area contributed by atoms with Crippen molar-refractivity contribution in [1.82, 2.24) is 5.32 Å². The number of allylic oxidation sites excluding steroid dienone is 1.